The lowest BCUT2D eigenvalue weighted by atomic mass is 9.87. The zero-order chi connectivity index (χ0) is 20.4. The molecule has 150 valence electrons. The quantitative estimate of drug-likeness (QED) is 0.363. The number of fused-ring (bicyclic) bond motifs is 2. The summed E-state index contributed by atoms with van der Waals surface area (Å²) >= 11 is 0. The second-order valence-corrected chi connectivity index (χ2v) is 7.17. The molecule has 4 rings (SSSR count). The molecule has 0 aliphatic heterocycles. The third-order valence-corrected chi connectivity index (χ3v) is 5.34. The lowest BCUT2D eigenvalue weighted by Crippen LogP contribution is -2.24. The normalized spacial score (nSPS) is 13.6. The van der Waals surface area contributed by atoms with Gasteiger partial charge in [-0.1, -0.05) is 36.4 Å². The summed E-state index contributed by atoms with van der Waals surface area (Å²) in [7, 11) is 0. The number of rotatable bonds is 7. The van der Waals surface area contributed by atoms with Gasteiger partial charge in [0.1, 0.15) is 0 Å². The average Bonchev–Trinajstić information content (AvgIpc) is 3.30. The molecule has 29 heavy (non-hydrogen) atoms. The van der Waals surface area contributed by atoms with Crippen molar-refractivity contribution in [3.8, 4) is 0 Å². The van der Waals surface area contributed by atoms with Crippen LogP contribution >= 0.6 is 0 Å². The minimum atomic E-state index is -0.991. The number of aliphatic hydroxyl groups excluding tert-OH is 2. The van der Waals surface area contributed by atoms with E-state index < -0.39 is 12.0 Å². The standard InChI is InChI=1S/C23H24N2O4/c1-14(27)29-11-10-17-15-6-3-5-9-20(15)25-23(17)22(21(28)13-26)18-12-24-19-8-4-2-7-16(18)19/h2-9,12,21-22,24-26,28H,10-11,13H2,1H3/t21-,22-/m1/s1. The van der Waals surface area contributed by atoms with E-state index >= 15 is 0 Å². The summed E-state index contributed by atoms with van der Waals surface area (Å²) in [6.07, 6.45) is 1.40. The predicted molar refractivity (Wildman–Crippen MR) is 112 cm³/mol. The van der Waals surface area contributed by atoms with Crippen LogP contribution in [0.1, 0.15) is 29.7 Å². The molecule has 0 aliphatic carbocycles. The first-order valence-corrected chi connectivity index (χ1v) is 9.68. The molecule has 0 aliphatic rings. The summed E-state index contributed by atoms with van der Waals surface area (Å²) in [5.41, 5.74) is 4.61. The number of carbonyl (C=O) groups excluding carboxylic acids is 1. The van der Waals surface area contributed by atoms with E-state index in [2.05, 4.69) is 9.97 Å². The number of hydrogen-bond acceptors (Lipinski definition) is 4. The molecule has 0 saturated heterocycles. The second-order valence-electron chi connectivity index (χ2n) is 7.17. The predicted octanol–water partition coefficient (Wildman–Crippen LogP) is 3.24. The van der Waals surface area contributed by atoms with Crippen molar-refractivity contribution >= 4 is 27.8 Å². The van der Waals surface area contributed by atoms with Gasteiger partial charge >= 0.3 is 5.97 Å². The molecule has 2 aromatic heterocycles. The number of nitrogens with one attached hydrogen (secondary N) is 2. The van der Waals surface area contributed by atoms with E-state index in [0.29, 0.717) is 6.42 Å². The zero-order valence-corrected chi connectivity index (χ0v) is 16.2. The maximum Gasteiger partial charge on any atom is 0.302 e. The van der Waals surface area contributed by atoms with Crippen LogP contribution in [0.2, 0.25) is 0 Å². The molecule has 2 atom stereocenters. The van der Waals surface area contributed by atoms with Gasteiger partial charge in [0.05, 0.1) is 25.2 Å². The van der Waals surface area contributed by atoms with Crippen LogP contribution in [0.15, 0.2) is 54.7 Å². The van der Waals surface area contributed by atoms with Crippen molar-refractivity contribution in [2.75, 3.05) is 13.2 Å². The van der Waals surface area contributed by atoms with Crippen molar-refractivity contribution in [2.45, 2.75) is 25.4 Å². The highest BCUT2D eigenvalue weighted by Gasteiger charge is 2.29. The molecule has 0 radical (unpaired) electrons. The number of H-pyrrole nitrogens is 2. The van der Waals surface area contributed by atoms with Crippen molar-refractivity contribution in [1.82, 2.24) is 9.97 Å². The summed E-state index contributed by atoms with van der Waals surface area (Å²) in [6.45, 7) is 1.27. The van der Waals surface area contributed by atoms with Crippen molar-refractivity contribution in [3.63, 3.8) is 0 Å². The zero-order valence-electron chi connectivity index (χ0n) is 16.2. The van der Waals surface area contributed by atoms with Crippen LogP contribution in [-0.2, 0) is 16.0 Å². The fraction of sp³-hybridized carbons (Fsp3) is 0.261. The van der Waals surface area contributed by atoms with E-state index in [-0.39, 0.29) is 19.2 Å². The Morgan fingerprint density at radius 1 is 1.07 bits per heavy atom. The number of ether oxygens (including phenoxy) is 1. The minimum Gasteiger partial charge on any atom is -0.466 e. The summed E-state index contributed by atoms with van der Waals surface area (Å²) in [5, 5.41) is 22.6. The largest absolute Gasteiger partial charge is 0.466 e. The summed E-state index contributed by atoms with van der Waals surface area (Å²) in [5.74, 6) is -0.786. The monoisotopic (exact) mass is 392 g/mol. The van der Waals surface area contributed by atoms with Crippen LogP contribution < -0.4 is 0 Å². The molecule has 0 fully saturated rings. The lowest BCUT2D eigenvalue weighted by molar-refractivity contribution is -0.140. The molecule has 4 N–H and O–H groups in total. The summed E-state index contributed by atoms with van der Waals surface area (Å²) < 4.78 is 5.18. The molecule has 0 unspecified atom stereocenters. The highest BCUT2D eigenvalue weighted by molar-refractivity contribution is 5.87. The molecule has 0 bridgehead atoms. The van der Waals surface area contributed by atoms with Gasteiger partial charge in [-0.25, -0.2) is 0 Å². The summed E-state index contributed by atoms with van der Waals surface area (Å²) in [4.78, 5) is 17.9. The van der Waals surface area contributed by atoms with Crippen molar-refractivity contribution < 1.29 is 19.7 Å². The fourth-order valence-corrected chi connectivity index (χ4v) is 4.06. The number of hydrogen-bond donors (Lipinski definition) is 4. The van der Waals surface area contributed by atoms with Gasteiger partial charge in [0.2, 0.25) is 0 Å². The Morgan fingerprint density at radius 3 is 2.48 bits per heavy atom. The smallest absolute Gasteiger partial charge is 0.302 e. The lowest BCUT2D eigenvalue weighted by Gasteiger charge is -2.22. The number of aromatic amines is 2. The number of benzene rings is 2. The van der Waals surface area contributed by atoms with Gasteiger partial charge < -0.3 is 24.9 Å². The van der Waals surface area contributed by atoms with Gasteiger partial charge in [0, 0.05) is 47.0 Å². The highest BCUT2D eigenvalue weighted by atomic mass is 16.5. The SMILES string of the molecule is CC(=O)OCCc1c([C@H](c2c[nH]c3ccccc23)[C@H](O)CO)[nH]c2ccccc12. The maximum absolute atomic E-state index is 11.2. The van der Waals surface area contributed by atoms with Gasteiger partial charge in [-0.05, 0) is 23.3 Å². The number of carbonyl (C=O) groups is 1. The van der Waals surface area contributed by atoms with Crippen LogP contribution in [0.3, 0.4) is 0 Å². The number of esters is 1. The first kappa shape index (κ1) is 19.2. The van der Waals surface area contributed by atoms with E-state index in [1.54, 1.807) is 0 Å². The maximum atomic E-state index is 11.2. The van der Waals surface area contributed by atoms with Crippen molar-refractivity contribution in [1.29, 1.82) is 0 Å². The van der Waals surface area contributed by atoms with E-state index in [1.807, 2.05) is 54.7 Å². The molecular formula is C23H24N2O4. The van der Waals surface area contributed by atoms with E-state index in [9.17, 15) is 15.0 Å². The number of para-hydroxylation sites is 2. The van der Waals surface area contributed by atoms with Gasteiger partial charge in [-0.2, -0.15) is 0 Å². The number of aromatic nitrogens is 2. The molecule has 2 heterocycles. The molecule has 4 aromatic rings. The van der Waals surface area contributed by atoms with Gasteiger partial charge in [0.15, 0.2) is 0 Å². The van der Waals surface area contributed by atoms with Crippen LogP contribution in [0.5, 0.6) is 0 Å². The second kappa shape index (κ2) is 8.11. The van der Waals surface area contributed by atoms with Gasteiger partial charge in [-0.3, -0.25) is 4.79 Å². The van der Waals surface area contributed by atoms with Crippen LogP contribution in [0.25, 0.3) is 21.8 Å². The Balaban J connectivity index is 1.87. The third kappa shape index (κ3) is 3.64. The molecule has 6 heteroatoms. The Labute approximate surface area is 168 Å². The average molecular weight is 392 g/mol. The Morgan fingerprint density at radius 2 is 1.76 bits per heavy atom. The molecule has 2 aromatic carbocycles. The first-order valence-electron chi connectivity index (χ1n) is 9.68. The van der Waals surface area contributed by atoms with E-state index in [0.717, 1.165) is 38.6 Å². The molecule has 0 saturated carbocycles. The fourth-order valence-electron chi connectivity index (χ4n) is 4.06. The van der Waals surface area contributed by atoms with Crippen molar-refractivity contribution in [3.05, 3.63) is 71.5 Å². The van der Waals surface area contributed by atoms with E-state index in [4.69, 9.17) is 4.74 Å². The highest BCUT2D eigenvalue weighted by Crippen LogP contribution is 2.37. The van der Waals surface area contributed by atoms with Crippen molar-refractivity contribution in [2.24, 2.45) is 0 Å². The molecule has 6 nitrogen and oxygen atoms in total. The minimum absolute atomic E-state index is 0.250. The number of aliphatic hydroxyl groups is 2. The Bertz CT molecular complexity index is 1140. The Kier molecular flexibility index (Phi) is 5.38. The van der Waals surface area contributed by atoms with E-state index in [1.165, 1.54) is 6.92 Å². The molecule has 0 amide bonds. The third-order valence-electron chi connectivity index (χ3n) is 5.34. The topological polar surface area (TPSA) is 98.3 Å². The van der Waals surface area contributed by atoms with Crippen LogP contribution in [0, 0.1) is 0 Å². The van der Waals surface area contributed by atoms with Gasteiger partial charge in [-0.15, -0.1) is 0 Å². The molecular weight excluding hydrogens is 368 g/mol. The Hall–Kier alpha value is -3.09. The van der Waals surface area contributed by atoms with Crippen LogP contribution in [-0.4, -0.2) is 45.5 Å². The first-order chi connectivity index (χ1) is 14.1. The van der Waals surface area contributed by atoms with Gasteiger partial charge in [0.25, 0.3) is 0 Å². The molecule has 0 spiro atoms. The summed E-state index contributed by atoms with van der Waals surface area (Å²) in [6, 6.07) is 15.8. The van der Waals surface area contributed by atoms with Crippen LogP contribution in [0.4, 0.5) is 0 Å².